The third kappa shape index (κ3) is 3.66. The highest BCUT2D eigenvalue weighted by molar-refractivity contribution is 6.34. The molecular formula is C22H14ClN3O3. The molecule has 3 aromatic rings. The fraction of sp³-hybridized carbons (Fsp3) is 0. The molecule has 0 atom stereocenters. The second-order valence-electron chi connectivity index (χ2n) is 6.29. The number of rotatable bonds is 4. The Labute approximate surface area is 171 Å². The Hall–Kier alpha value is -3.77. The molecule has 0 aromatic heterocycles. The number of hydrogen-bond acceptors (Lipinski definition) is 4. The highest BCUT2D eigenvalue weighted by Gasteiger charge is 2.36. The predicted octanol–water partition coefficient (Wildman–Crippen LogP) is 3.90. The van der Waals surface area contributed by atoms with Crippen molar-refractivity contribution in [2.75, 3.05) is 4.90 Å². The Morgan fingerprint density at radius 3 is 2.17 bits per heavy atom. The minimum atomic E-state index is -0.419. The highest BCUT2D eigenvalue weighted by atomic mass is 35.5. The molecule has 6 nitrogen and oxygen atoms in total. The van der Waals surface area contributed by atoms with Gasteiger partial charge in [0.1, 0.15) is 0 Å². The number of fused-ring (bicyclic) bond motifs is 1. The van der Waals surface area contributed by atoms with Gasteiger partial charge in [-0.1, -0.05) is 35.9 Å². The van der Waals surface area contributed by atoms with Crippen molar-refractivity contribution >= 4 is 41.2 Å². The lowest BCUT2D eigenvalue weighted by molar-refractivity contribution is 0.0923. The SMILES string of the molecule is O=C(N/N=C/c1cccc(Cl)c1)c1ccc(N2C(=O)c3ccccc3C2=O)cc1. The van der Waals surface area contributed by atoms with Gasteiger partial charge in [0.25, 0.3) is 17.7 Å². The minimum absolute atomic E-state index is 0.341. The van der Waals surface area contributed by atoms with Crippen LogP contribution in [0.4, 0.5) is 5.69 Å². The van der Waals surface area contributed by atoms with Crippen LogP contribution >= 0.6 is 11.6 Å². The second-order valence-corrected chi connectivity index (χ2v) is 6.73. The van der Waals surface area contributed by atoms with E-state index in [4.69, 9.17) is 11.6 Å². The lowest BCUT2D eigenvalue weighted by Crippen LogP contribution is -2.29. The Balaban J connectivity index is 1.46. The van der Waals surface area contributed by atoms with Gasteiger partial charge in [-0.05, 0) is 54.1 Å². The Morgan fingerprint density at radius 2 is 1.55 bits per heavy atom. The molecule has 1 heterocycles. The van der Waals surface area contributed by atoms with Crippen LogP contribution in [0.2, 0.25) is 5.02 Å². The molecule has 4 rings (SSSR count). The van der Waals surface area contributed by atoms with Crippen molar-refractivity contribution in [3.05, 3.63) is 100 Å². The van der Waals surface area contributed by atoms with Gasteiger partial charge in [-0.25, -0.2) is 10.3 Å². The van der Waals surface area contributed by atoms with Gasteiger partial charge in [-0.3, -0.25) is 14.4 Å². The van der Waals surface area contributed by atoms with Gasteiger partial charge in [0, 0.05) is 10.6 Å². The lowest BCUT2D eigenvalue weighted by Gasteiger charge is -2.14. The van der Waals surface area contributed by atoms with Crippen molar-refractivity contribution in [2.45, 2.75) is 0 Å². The summed E-state index contributed by atoms with van der Waals surface area (Å²) in [5, 5.41) is 4.48. The van der Waals surface area contributed by atoms with E-state index >= 15 is 0 Å². The number of nitrogens with zero attached hydrogens (tertiary/aromatic N) is 2. The van der Waals surface area contributed by atoms with Gasteiger partial charge in [0.15, 0.2) is 0 Å². The van der Waals surface area contributed by atoms with Crippen molar-refractivity contribution in [3.63, 3.8) is 0 Å². The van der Waals surface area contributed by atoms with Crippen molar-refractivity contribution in [2.24, 2.45) is 5.10 Å². The summed E-state index contributed by atoms with van der Waals surface area (Å²) >= 11 is 5.90. The van der Waals surface area contributed by atoms with Crippen molar-refractivity contribution < 1.29 is 14.4 Å². The van der Waals surface area contributed by atoms with Crippen LogP contribution in [0.5, 0.6) is 0 Å². The van der Waals surface area contributed by atoms with Gasteiger partial charge in [-0.15, -0.1) is 0 Å². The van der Waals surface area contributed by atoms with E-state index in [2.05, 4.69) is 10.5 Å². The van der Waals surface area contributed by atoms with Crippen LogP contribution in [0, 0.1) is 0 Å². The van der Waals surface area contributed by atoms with E-state index in [1.165, 1.54) is 18.3 Å². The molecule has 0 unspecified atom stereocenters. The summed E-state index contributed by atoms with van der Waals surface area (Å²) in [4.78, 5) is 38.4. The first kappa shape index (κ1) is 18.6. The largest absolute Gasteiger partial charge is 0.271 e. The van der Waals surface area contributed by atoms with E-state index in [-0.39, 0.29) is 11.8 Å². The van der Waals surface area contributed by atoms with Crippen LogP contribution in [0.15, 0.2) is 77.9 Å². The molecular weight excluding hydrogens is 390 g/mol. The molecule has 1 N–H and O–H groups in total. The highest BCUT2D eigenvalue weighted by Crippen LogP contribution is 2.28. The maximum Gasteiger partial charge on any atom is 0.271 e. The van der Waals surface area contributed by atoms with Crippen molar-refractivity contribution in [3.8, 4) is 0 Å². The maximum absolute atomic E-state index is 12.5. The van der Waals surface area contributed by atoms with E-state index < -0.39 is 5.91 Å². The molecule has 3 aromatic carbocycles. The summed E-state index contributed by atoms with van der Waals surface area (Å²) in [6.07, 6.45) is 1.48. The third-order valence-corrected chi connectivity index (χ3v) is 4.65. The average Bonchev–Trinajstić information content (AvgIpc) is 2.99. The fourth-order valence-corrected chi connectivity index (χ4v) is 3.20. The van der Waals surface area contributed by atoms with Gasteiger partial charge in [0.05, 0.1) is 23.0 Å². The first-order valence-electron chi connectivity index (χ1n) is 8.71. The Bertz CT molecular complexity index is 1120. The topological polar surface area (TPSA) is 78.8 Å². The Morgan fingerprint density at radius 1 is 0.897 bits per heavy atom. The molecule has 1 aliphatic rings. The summed E-state index contributed by atoms with van der Waals surface area (Å²) in [5.41, 5.74) is 4.66. The van der Waals surface area contributed by atoms with E-state index in [0.717, 1.165) is 10.5 Å². The summed E-state index contributed by atoms with van der Waals surface area (Å²) in [5.74, 6) is -1.18. The minimum Gasteiger partial charge on any atom is -0.268 e. The molecule has 29 heavy (non-hydrogen) atoms. The summed E-state index contributed by atoms with van der Waals surface area (Å²) in [6.45, 7) is 0. The molecule has 0 fully saturated rings. The van der Waals surface area contributed by atoms with Gasteiger partial charge in [-0.2, -0.15) is 5.10 Å². The molecule has 1 aliphatic heterocycles. The fourth-order valence-electron chi connectivity index (χ4n) is 3.00. The number of hydrogen-bond donors (Lipinski definition) is 1. The van der Waals surface area contributed by atoms with Crippen LogP contribution in [-0.2, 0) is 0 Å². The number of imide groups is 1. The molecule has 3 amide bonds. The van der Waals surface area contributed by atoms with Gasteiger partial charge >= 0.3 is 0 Å². The molecule has 0 spiro atoms. The molecule has 0 aliphatic carbocycles. The van der Waals surface area contributed by atoms with Crippen LogP contribution in [0.25, 0.3) is 0 Å². The maximum atomic E-state index is 12.5. The number of hydrazone groups is 1. The number of nitrogens with one attached hydrogen (secondary N) is 1. The summed E-state index contributed by atoms with van der Waals surface area (Å²) in [7, 11) is 0. The standard InChI is InChI=1S/C22H14ClN3O3/c23-16-5-3-4-14(12-16)13-24-25-20(27)15-8-10-17(11-9-15)26-21(28)18-6-1-2-7-19(18)22(26)29/h1-13H,(H,25,27)/b24-13+. The molecule has 0 bridgehead atoms. The van der Waals surface area contributed by atoms with Crippen LogP contribution in [-0.4, -0.2) is 23.9 Å². The quantitative estimate of drug-likeness (QED) is 0.407. The number of benzene rings is 3. The normalized spacial score (nSPS) is 13.1. The number of carbonyl (C=O) groups excluding carboxylic acids is 3. The zero-order valence-corrected chi connectivity index (χ0v) is 15.8. The van der Waals surface area contributed by atoms with Gasteiger partial charge < -0.3 is 0 Å². The Kier molecular flexibility index (Phi) is 4.93. The van der Waals surface area contributed by atoms with Crippen LogP contribution in [0.3, 0.4) is 0 Å². The smallest absolute Gasteiger partial charge is 0.268 e. The molecule has 7 heteroatoms. The lowest BCUT2D eigenvalue weighted by atomic mass is 10.1. The number of anilines is 1. The molecule has 0 saturated heterocycles. The summed E-state index contributed by atoms with van der Waals surface area (Å²) in [6, 6.07) is 19.9. The van der Waals surface area contributed by atoms with E-state index in [1.54, 1.807) is 60.7 Å². The number of halogens is 1. The van der Waals surface area contributed by atoms with Gasteiger partial charge in [0.2, 0.25) is 0 Å². The van der Waals surface area contributed by atoms with Crippen LogP contribution < -0.4 is 10.3 Å². The zero-order chi connectivity index (χ0) is 20.4. The monoisotopic (exact) mass is 403 g/mol. The number of amides is 3. The molecule has 142 valence electrons. The van der Waals surface area contributed by atoms with Crippen molar-refractivity contribution in [1.82, 2.24) is 5.43 Å². The zero-order valence-electron chi connectivity index (χ0n) is 15.0. The number of carbonyl (C=O) groups is 3. The molecule has 0 saturated carbocycles. The van der Waals surface area contributed by atoms with E-state index in [9.17, 15) is 14.4 Å². The van der Waals surface area contributed by atoms with Crippen LogP contribution in [0.1, 0.15) is 36.6 Å². The molecule has 0 radical (unpaired) electrons. The predicted molar refractivity (Wildman–Crippen MR) is 111 cm³/mol. The first-order chi connectivity index (χ1) is 14.0. The van der Waals surface area contributed by atoms with E-state index in [0.29, 0.717) is 27.4 Å². The average molecular weight is 404 g/mol. The summed E-state index contributed by atoms with van der Waals surface area (Å²) < 4.78 is 0. The second kappa shape index (κ2) is 7.69. The third-order valence-electron chi connectivity index (χ3n) is 4.41. The first-order valence-corrected chi connectivity index (χ1v) is 9.09. The van der Waals surface area contributed by atoms with E-state index in [1.807, 2.05) is 0 Å². The van der Waals surface area contributed by atoms with Crippen molar-refractivity contribution in [1.29, 1.82) is 0 Å².